The Labute approximate surface area is 209 Å². The minimum atomic E-state index is -0.936. The molecule has 0 fully saturated rings. The molecule has 36 heavy (non-hydrogen) atoms. The van der Waals surface area contributed by atoms with E-state index >= 15 is 0 Å². The molecule has 1 atom stereocenters. The molecule has 4 aromatic rings. The van der Waals surface area contributed by atoms with Crippen molar-refractivity contribution in [3.8, 4) is 28.6 Å². The fraction of sp³-hybridized carbons (Fsp3) is 0.160. The lowest BCUT2D eigenvalue weighted by Crippen LogP contribution is -2.18. The summed E-state index contributed by atoms with van der Waals surface area (Å²) in [6.07, 6.45) is -0.936. The Kier molecular flexibility index (Phi) is 5.53. The maximum Gasteiger partial charge on any atom is 0.282 e. The van der Waals surface area contributed by atoms with E-state index in [0.717, 1.165) is 11.1 Å². The quantitative estimate of drug-likeness (QED) is 0.220. The molecule has 10 nitrogen and oxygen atoms in total. The van der Waals surface area contributed by atoms with Crippen LogP contribution < -0.4 is 19.5 Å². The molecule has 3 heterocycles. The summed E-state index contributed by atoms with van der Waals surface area (Å²) in [5.41, 5.74) is 4.30. The number of rotatable bonds is 5. The number of fused-ring (bicyclic) bond motifs is 4. The van der Waals surface area contributed by atoms with Crippen molar-refractivity contribution in [1.82, 2.24) is 15.2 Å². The molecule has 11 heteroatoms. The number of aromatic nitrogens is 3. The second-order valence-corrected chi connectivity index (χ2v) is 9.17. The fourth-order valence-corrected chi connectivity index (χ4v) is 4.73. The lowest BCUT2D eigenvalue weighted by molar-refractivity contribution is -0.386. The first kappa shape index (κ1) is 22.1. The summed E-state index contributed by atoms with van der Waals surface area (Å²) in [5, 5.41) is 24.3. The van der Waals surface area contributed by atoms with Crippen LogP contribution in [0.5, 0.6) is 17.4 Å². The first-order valence-corrected chi connectivity index (χ1v) is 12.1. The zero-order chi connectivity index (χ0) is 24.6. The van der Waals surface area contributed by atoms with Crippen LogP contribution in [0.2, 0.25) is 0 Å². The number of anilines is 1. The molecule has 1 N–H and O–H groups in total. The number of ether oxygens (including phenoxy) is 3. The van der Waals surface area contributed by atoms with Gasteiger partial charge in [0.25, 0.3) is 5.69 Å². The minimum absolute atomic E-state index is 0.000723. The predicted molar refractivity (Wildman–Crippen MR) is 132 cm³/mol. The third-order valence-corrected chi connectivity index (χ3v) is 6.73. The van der Waals surface area contributed by atoms with E-state index in [1.54, 1.807) is 6.07 Å². The number of hydrogen-bond donors (Lipinski definition) is 1. The van der Waals surface area contributed by atoms with Gasteiger partial charge in [0.05, 0.1) is 16.6 Å². The van der Waals surface area contributed by atoms with Gasteiger partial charge in [-0.1, -0.05) is 59.8 Å². The molecule has 1 aromatic heterocycles. The van der Waals surface area contributed by atoms with E-state index in [1.165, 1.54) is 23.4 Å². The van der Waals surface area contributed by atoms with Gasteiger partial charge in [-0.25, -0.2) is 0 Å². The van der Waals surface area contributed by atoms with Crippen LogP contribution in [0.4, 0.5) is 11.4 Å². The van der Waals surface area contributed by atoms with Gasteiger partial charge in [-0.05, 0) is 24.6 Å². The van der Waals surface area contributed by atoms with E-state index in [2.05, 4.69) is 44.8 Å². The van der Waals surface area contributed by atoms with E-state index in [-0.39, 0.29) is 23.9 Å². The highest BCUT2D eigenvalue weighted by atomic mass is 32.2. The number of benzene rings is 3. The highest BCUT2D eigenvalue weighted by Crippen LogP contribution is 2.44. The van der Waals surface area contributed by atoms with Gasteiger partial charge in [0.1, 0.15) is 0 Å². The standard InChI is InChI=1S/C25H19N5O5S/c1-14-6-8-15(9-7-14)12-36-25-27-24-22(28-29-25)16-4-2-3-5-18(16)26-23(35-24)17-10-20-21(34-13-33-20)11-19(17)30(31)32/h2-11,23,26H,12-13H2,1H3. The largest absolute Gasteiger partial charge is 0.454 e. The van der Waals surface area contributed by atoms with Crippen molar-refractivity contribution in [2.45, 2.75) is 24.1 Å². The Morgan fingerprint density at radius 2 is 1.86 bits per heavy atom. The Morgan fingerprint density at radius 3 is 2.67 bits per heavy atom. The molecule has 180 valence electrons. The van der Waals surface area contributed by atoms with Crippen LogP contribution in [0.3, 0.4) is 0 Å². The SMILES string of the molecule is Cc1ccc(CSc2nnc3c(n2)OC(c2cc4c(cc2[N+](=O)[O-])OCO4)Nc2ccccc2-3)cc1. The monoisotopic (exact) mass is 501 g/mol. The number of nitro groups is 1. The summed E-state index contributed by atoms with van der Waals surface area (Å²) in [6, 6.07) is 18.6. The van der Waals surface area contributed by atoms with Crippen molar-refractivity contribution in [2.24, 2.45) is 0 Å². The average Bonchev–Trinajstić information content (AvgIpc) is 3.28. The molecule has 0 bridgehead atoms. The summed E-state index contributed by atoms with van der Waals surface area (Å²) in [4.78, 5) is 16.1. The van der Waals surface area contributed by atoms with Gasteiger partial charge in [-0.3, -0.25) is 10.1 Å². The van der Waals surface area contributed by atoms with Crippen LogP contribution in [-0.4, -0.2) is 26.9 Å². The molecule has 0 saturated heterocycles. The molecule has 3 aromatic carbocycles. The molecular weight excluding hydrogens is 482 g/mol. The molecule has 2 aliphatic rings. The van der Waals surface area contributed by atoms with Gasteiger partial charge in [0.15, 0.2) is 17.2 Å². The van der Waals surface area contributed by atoms with E-state index < -0.39 is 11.2 Å². The van der Waals surface area contributed by atoms with Crippen LogP contribution in [0.15, 0.2) is 65.8 Å². The van der Waals surface area contributed by atoms with Gasteiger partial charge in [-0.15, -0.1) is 10.2 Å². The lowest BCUT2D eigenvalue weighted by atomic mass is 10.1. The smallest absolute Gasteiger partial charge is 0.282 e. The predicted octanol–water partition coefficient (Wildman–Crippen LogP) is 5.28. The fourth-order valence-electron chi connectivity index (χ4n) is 4.00. The Morgan fingerprint density at radius 1 is 1.08 bits per heavy atom. The van der Waals surface area contributed by atoms with E-state index in [9.17, 15) is 10.1 Å². The maximum absolute atomic E-state index is 11.9. The van der Waals surface area contributed by atoms with E-state index in [0.29, 0.717) is 33.8 Å². The summed E-state index contributed by atoms with van der Waals surface area (Å²) < 4.78 is 17.0. The highest BCUT2D eigenvalue weighted by Gasteiger charge is 2.33. The van der Waals surface area contributed by atoms with Crippen LogP contribution in [0.25, 0.3) is 11.3 Å². The van der Waals surface area contributed by atoms with Gasteiger partial charge in [-0.2, -0.15) is 4.98 Å². The molecule has 2 aliphatic heterocycles. The van der Waals surface area contributed by atoms with Crippen LogP contribution in [-0.2, 0) is 5.75 Å². The van der Waals surface area contributed by atoms with Crippen molar-refractivity contribution < 1.29 is 19.1 Å². The zero-order valence-corrected chi connectivity index (χ0v) is 19.8. The number of aryl methyl sites for hydroxylation is 1. The molecule has 0 amide bonds. The summed E-state index contributed by atoms with van der Waals surface area (Å²) >= 11 is 1.43. The number of nitrogens with one attached hydrogen (secondary N) is 1. The lowest BCUT2D eigenvalue weighted by Gasteiger charge is -2.19. The molecule has 0 saturated carbocycles. The number of para-hydroxylation sites is 1. The van der Waals surface area contributed by atoms with Crippen LogP contribution >= 0.6 is 11.8 Å². The van der Waals surface area contributed by atoms with Crippen molar-refractivity contribution in [3.63, 3.8) is 0 Å². The van der Waals surface area contributed by atoms with E-state index in [4.69, 9.17) is 14.2 Å². The molecule has 0 aliphatic carbocycles. The van der Waals surface area contributed by atoms with Gasteiger partial charge < -0.3 is 19.5 Å². The summed E-state index contributed by atoms with van der Waals surface area (Å²) in [6.45, 7) is 2.04. The van der Waals surface area contributed by atoms with Crippen LogP contribution in [0, 0.1) is 17.0 Å². The number of thioether (sulfide) groups is 1. The van der Waals surface area contributed by atoms with Gasteiger partial charge in [0.2, 0.25) is 24.1 Å². The second-order valence-electron chi connectivity index (χ2n) is 8.23. The van der Waals surface area contributed by atoms with Gasteiger partial charge >= 0.3 is 0 Å². The Balaban J connectivity index is 1.39. The van der Waals surface area contributed by atoms with Crippen molar-refractivity contribution in [3.05, 3.63) is 87.5 Å². The first-order chi connectivity index (χ1) is 17.5. The maximum atomic E-state index is 11.9. The van der Waals surface area contributed by atoms with Crippen molar-refractivity contribution >= 4 is 23.1 Å². The molecule has 6 rings (SSSR count). The number of nitro benzene ring substituents is 1. The summed E-state index contributed by atoms with van der Waals surface area (Å²) in [7, 11) is 0. The molecule has 0 spiro atoms. The molecule has 0 radical (unpaired) electrons. The molecule has 1 unspecified atom stereocenters. The topological polar surface area (TPSA) is 122 Å². The Hall–Kier alpha value is -4.38. The van der Waals surface area contributed by atoms with Gasteiger partial charge in [0, 0.05) is 17.0 Å². The van der Waals surface area contributed by atoms with Crippen LogP contribution in [0.1, 0.15) is 22.9 Å². The first-order valence-electron chi connectivity index (χ1n) is 11.1. The number of hydrogen-bond acceptors (Lipinski definition) is 10. The minimum Gasteiger partial charge on any atom is -0.454 e. The van der Waals surface area contributed by atoms with E-state index in [1.807, 2.05) is 31.2 Å². The third kappa shape index (κ3) is 4.13. The molecular formula is C25H19N5O5S. The Bertz CT molecular complexity index is 1480. The highest BCUT2D eigenvalue weighted by molar-refractivity contribution is 7.98. The zero-order valence-electron chi connectivity index (χ0n) is 19.0. The summed E-state index contributed by atoms with van der Waals surface area (Å²) in [5.74, 6) is 1.62. The normalized spacial score (nSPS) is 15.2. The average molecular weight is 502 g/mol. The van der Waals surface area contributed by atoms with Crippen molar-refractivity contribution in [1.29, 1.82) is 0 Å². The third-order valence-electron chi connectivity index (χ3n) is 5.82. The number of nitrogens with zero attached hydrogens (tertiary/aromatic N) is 4. The second kappa shape index (κ2) is 9.00. The van der Waals surface area contributed by atoms with Crippen molar-refractivity contribution in [2.75, 3.05) is 12.1 Å².